The number of hydrogen-bond acceptors (Lipinski definition) is 6. The molecule has 1 aliphatic rings. The molecule has 3 N–H and O–H groups in total. The van der Waals surface area contributed by atoms with Crippen molar-refractivity contribution in [3.05, 3.63) is 46.1 Å². The van der Waals surface area contributed by atoms with Gasteiger partial charge in [-0.05, 0) is 29.5 Å². The van der Waals surface area contributed by atoms with Crippen molar-refractivity contribution in [1.29, 1.82) is 5.41 Å². The molecule has 0 fully saturated rings. The lowest BCUT2D eigenvalue weighted by molar-refractivity contribution is 0.102. The van der Waals surface area contributed by atoms with E-state index in [1.54, 1.807) is 0 Å². The van der Waals surface area contributed by atoms with Crippen molar-refractivity contribution in [1.82, 2.24) is 4.57 Å². The first-order chi connectivity index (χ1) is 12.4. The molecule has 1 aromatic heterocycles. The summed E-state index contributed by atoms with van der Waals surface area (Å²) in [6.07, 6.45) is 4.08. The second-order valence-electron chi connectivity index (χ2n) is 5.94. The van der Waals surface area contributed by atoms with Gasteiger partial charge in [0.05, 0.1) is 11.3 Å². The Bertz CT molecular complexity index is 1330. The highest BCUT2D eigenvalue weighted by Gasteiger charge is 2.32. The molecule has 11 heteroatoms. The molecule has 0 saturated carbocycles. The third-order valence-corrected chi connectivity index (χ3v) is 5.93. The summed E-state index contributed by atoms with van der Waals surface area (Å²) in [6, 6.07) is 3.78. The predicted molar refractivity (Wildman–Crippen MR) is 95.4 cm³/mol. The predicted octanol–water partition coefficient (Wildman–Crippen LogP) is -0.266. The van der Waals surface area contributed by atoms with Crippen LogP contribution in [0.1, 0.15) is 22.5 Å². The fraction of sp³-hybridized carbons (Fsp3) is 0.125. The lowest BCUT2D eigenvalue weighted by atomic mass is 10.0. The van der Waals surface area contributed by atoms with E-state index in [-0.39, 0.29) is 28.3 Å². The van der Waals surface area contributed by atoms with E-state index in [4.69, 9.17) is 5.41 Å². The summed E-state index contributed by atoms with van der Waals surface area (Å²) < 4.78 is 68.6. The number of carbonyl (C=O) groups excluding carboxylic acids is 1. The van der Waals surface area contributed by atoms with Crippen molar-refractivity contribution in [3.8, 4) is 0 Å². The summed E-state index contributed by atoms with van der Waals surface area (Å²) in [5.74, 6) is -1.02. The molecule has 142 valence electrons. The van der Waals surface area contributed by atoms with Gasteiger partial charge >= 0.3 is 0 Å². The van der Waals surface area contributed by atoms with Gasteiger partial charge in [0.25, 0.3) is 20.2 Å². The van der Waals surface area contributed by atoms with E-state index >= 15 is 0 Å². The zero-order valence-electron chi connectivity index (χ0n) is 13.9. The Morgan fingerprint density at radius 3 is 2.37 bits per heavy atom. The van der Waals surface area contributed by atoms with Gasteiger partial charge in [0.15, 0.2) is 0 Å². The van der Waals surface area contributed by atoms with Gasteiger partial charge in [-0.2, -0.15) is 16.8 Å². The molecule has 0 atom stereocenters. The van der Waals surface area contributed by atoms with E-state index in [0.717, 1.165) is 12.1 Å². The Morgan fingerprint density at radius 1 is 1.19 bits per heavy atom. The van der Waals surface area contributed by atoms with Crippen LogP contribution in [0.2, 0.25) is 0 Å². The summed E-state index contributed by atoms with van der Waals surface area (Å²) in [7, 11) is -8.60. The molecular weight excluding hydrogens is 396 g/mol. The Hall–Kier alpha value is -2.60. The molecule has 3 rings (SSSR count). The minimum atomic E-state index is -5.08. The summed E-state index contributed by atoms with van der Waals surface area (Å²) in [5, 5.41) is 7.61. The van der Waals surface area contributed by atoms with E-state index in [0.29, 0.717) is 0 Å². The summed E-state index contributed by atoms with van der Waals surface area (Å²) >= 11 is 0. The van der Waals surface area contributed by atoms with Crippen molar-refractivity contribution in [3.63, 3.8) is 0 Å². The molecule has 0 aliphatic heterocycles. The van der Waals surface area contributed by atoms with Crippen LogP contribution in [-0.4, -0.2) is 42.0 Å². The number of benzene rings is 1. The normalized spacial score (nSPS) is 14.3. The van der Waals surface area contributed by atoms with Gasteiger partial charge in [-0.3, -0.25) is 13.9 Å². The molecule has 0 radical (unpaired) electrons. The maximum Gasteiger partial charge on any atom is 0.295 e. The third kappa shape index (κ3) is 3.37. The fourth-order valence-corrected chi connectivity index (χ4v) is 4.66. The molecule has 0 spiro atoms. The number of aromatic nitrogens is 1. The minimum Gasteiger partial charge on any atom is -0.348 e. The van der Waals surface area contributed by atoms with Crippen LogP contribution in [-0.2, 0) is 27.3 Å². The first-order valence-electron chi connectivity index (χ1n) is 7.48. The van der Waals surface area contributed by atoms with Crippen LogP contribution >= 0.6 is 0 Å². The Balaban J connectivity index is 2.61. The SMILES string of the molecule is Cn1cccc1C(=O)c1c(S(=O)(=O)O)cc2c(c1S(=O)(=O)O)=CC(=N)CC=2. The monoisotopic (exact) mass is 410 g/mol. The molecule has 9 nitrogen and oxygen atoms in total. The number of nitrogens with zero attached hydrogens (tertiary/aromatic N) is 1. The minimum absolute atomic E-state index is 0.00395. The van der Waals surface area contributed by atoms with Crippen LogP contribution in [0.15, 0.2) is 34.2 Å². The van der Waals surface area contributed by atoms with E-state index in [1.807, 2.05) is 0 Å². The highest BCUT2D eigenvalue weighted by Crippen LogP contribution is 2.23. The van der Waals surface area contributed by atoms with Gasteiger partial charge in [0.1, 0.15) is 9.79 Å². The number of carbonyl (C=O) groups is 1. The van der Waals surface area contributed by atoms with Crippen LogP contribution in [0, 0.1) is 5.41 Å². The average Bonchev–Trinajstić information content (AvgIpc) is 2.96. The van der Waals surface area contributed by atoms with Crippen molar-refractivity contribution < 1.29 is 30.7 Å². The van der Waals surface area contributed by atoms with Gasteiger partial charge in [0.2, 0.25) is 5.78 Å². The maximum atomic E-state index is 13.0. The van der Waals surface area contributed by atoms with Crippen molar-refractivity contribution >= 4 is 43.9 Å². The Morgan fingerprint density at radius 2 is 1.85 bits per heavy atom. The van der Waals surface area contributed by atoms with Crippen molar-refractivity contribution in [2.24, 2.45) is 7.05 Å². The summed E-state index contributed by atoms with van der Waals surface area (Å²) in [6.45, 7) is 0. The van der Waals surface area contributed by atoms with E-state index in [9.17, 15) is 30.7 Å². The number of ketones is 1. The number of aryl methyl sites for hydroxylation is 1. The highest BCUT2D eigenvalue weighted by atomic mass is 32.2. The lowest BCUT2D eigenvalue weighted by Crippen LogP contribution is -2.38. The quantitative estimate of drug-likeness (QED) is 0.463. The first kappa shape index (κ1) is 19.2. The van der Waals surface area contributed by atoms with Crippen LogP contribution in [0.3, 0.4) is 0 Å². The largest absolute Gasteiger partial charge is 0.348 e. The Kier molecular flexibility index (Phi) is 4.43. The first-order valence-corrected chi connectivity index (χ1v) is 10.4. The topological polar surface area (TPSA) is 155 Å². The zero-order chi connectivity index (χ0) is 20.1. The van der Waals surface area contributed by atoms with E-state index in [2.05, 4.69) is 0 Å². The summed E-state index contributed by atoms with van der Waals surface area (Å²) in [4.78, 5) is 11.1. The molecule has 0 unspecified atom stereocenters. The zero-order valence-corrected chi connectivity index (χ0v) is 15.5. The molecule has 1 aromatic carbocycles. The van der Waals surface area contributed by atoms with Crippen LogP contribution in [0.25, 0.3) is 12.2 Å². The molecule has 0 bridgehead atoms. The van der Waals surface area contributed by atoms with Crippen molar-refractivity contribution in [2.45, 2.75) is 16.2 Å². The van der Waals surface area contributed by atoms with Crippen LogP contribution in [0.5, 0.6) is 0 Å². The van der Waals surface area contributed by atoms with Crippen LogP contribution < -0.4 is 10.4 Å². The van der Waals surface area contributed by atoms with Crippen molar-refractivity contribution in [2.75, 3.05) is 0 Å². The smallest absolute Gasteiger partial charge is 0.295 e. The summed E-state index contributed by atoms with van der Waals surface area (Å²) in [5.41, 5.74) is -0.927. The highest BCUT2D eigenvalue weighted by molar-refractivity contribution is 7.86. The standard InChI is InChI=1S/C16H14N2O7S2/c1-18-6-2-3-12(18)15(19)14-13(26(20,21)22)7-9-4-5-10(17)8-11(9)16(14)27(23,24)25/h2-4,6-8,17H,5H2,1H3,(H,20,21,22)(H,23,24,25). The molecular formula is C16H14N2O7S2. The lowest BCUT2D eigenvalue weighted by Gasteiger charge is -2.14. The molecule has 0 saturated heterocycles. The van der Waals surface area contributed by atoms with Gasteiger partial charge < -0.3 is 9.98 Å². The average molecular weight is 410 g/mol. The van der Waals surface area contributed by atoms with E-state index in [1.165, 1.54) is 36.0 Å². The van der Waals surface area contributed by atoms with Gasteiger partial charge in [-0.25, -0.2) is 0 Å². The van der Waals surface area contributed by atoms with Gasteiger partial charge in [0, 0.05) is 30.6 Å². The molecule has 2 aromatic rings. The third-order valence-electron chi connectivity index (χ3n) is 4.12. The second-order valence-corrected chi connectivity index (χ2v) is 8.69. The molecule has 1 heterocycles. The molecule has 27 heavy (non-hydrogen) atoms. The fourth-order valence-electron chi connectivity index (χ4n) is 2.95. The number of rotatable bonds is 4. The number of hydrogen-bond donors (Lipinski definition) is 3. The van der Waals surface area contributed by atoms with Gasteiger partial charge in [-0.15, -0.1) is 0 Å². The number of fused-ring (bicyclic) bond motifs is 1. The second kappa shape index (κ2) is 6.23. The Labute approximate surface area is 154 Å². The molecule has 0 amide bonds. The van der Waals surface area contributed by atoms with Gasteiger partial charge in [-0.1, -0.05) is 6.08 Å². The number of nitrogens with one attached hydrogen (secondary N) is 1. The van der Waals surface area contributed by atoms with Crippen LogP contribution in [0.4, 0.5) is 0 Å². The maximum absolute atomic E-state index is 13.0. The molecule has 1 aliphatic carbocycles. The van der Waals surface area contributed by atoms with E-state index < -0.39 is 41.4 Å².